The molecule has 2 aliphatic heterocycles. The van der Waals surface area contributed by atoms with Crippen LogP contribution in [0.5, 0.6) is 0 Å². The van der Waals surface area contributed by atoms with Crippen molar-refractivity contribution in [2.75, 3.05) is 29.4 Å². The largest absolute Gasteiger partial charge is 0.371 e. The van der Waals surface area contributed by atoms with Gasteiger partial charge in [0.15, 0.2) is 11.6 Å². The van der Waals surface area contributed by atoms with Gasteiger partial charge in [0, 0.05) is 86.2 Å². The minimum atomic E-state index is 0.142. The van der Waals surface area contributed by atoms with Crippen molar-refractivity contribution in [3.8, 4) is 22.3 Å². The summed E-state index contributed by atoms with van der Waals surface area (Å²) < 4.78 is 0. The summed E-state index contributed by atoms with van der Waals surface area (Å²) in [6.07, 6.45) is 13.3. The summed E-state index contributed by atoms with van der Waals surface area (Å²) in [5, 5.41) is 0. The van der Waals surface area contributed by atoms with Gasteiger partial charge < -0.3 is 9.80 Å². The van der Waals surface area contributed by atoms with Gasteiger partial charge in [0.25, 0.3) is 0 Å². The molecule has 0 fully saturated rings. The lowest BCUT2D eigenvalue weighted by molar-refractivity contribution is -0.118. The number of amides is 1. The third-order valence-corrected chi connectivity index (χ3v) is 11.0. The maximum atomic E-state index is 12.5. The second-order valence-electron chi connectivity index (χ2n) is 14.8. The highest BCUT2D eigenvalue weighted by Crippen LogP contribution is 2.34. The first-order valence-corrected chi connectivity index (χ1v) is 20.3. The van der Waals surface area contributed by atoms with Crippen molar-refractivity contribution in [1.82, 2.24) is 9.97 Å². The number of aryl methyl sites for hydroxylation is 2. The molecule has 288 valence electrons. The minimum Gasteiger partial charge on any atom is -0.371 e. The molecular weight excluding hydrogens is 705 g/mol. The number of ketones is 2. The summed E-state index contributed by atoms with van der Waals surface area (Å²) in [6, 6.07) is 36.7. The van der Waals surface area contributed by atoms with E-state index < -0.39 is 0 Å². The van der Waals surface area contributed by atoms with Gasteiger partial charge in [-0.15, -0.1) is 0 Å². The molecule has 0 atom stereocenters. The van der Waals surface area contributed by atoms with Crippen LogP contribution in [-0.4, -0.2) is 47.1 Å². The maximum Gasteiger partial charge on any atom is 0.226 e. The van der Waals surface area contributed by atoms with Crippen LogP contribution in [0, 0.1) is 0 Å². The van der Waals surface area contributed by atoms with E-state index >= 15 is 0 Å². The molecule has 0 bridgehead atoms. The van der Waals surface area contributed by atoms with Crippen molar-refractivity contribution in [2.45, 2.75) is 65.2 Å². The number of carbonyl (C=O) groups is 3. The summed E-state index contributed by atoms with van der Waals surface area (Å²) in [4.78, 5) is 49.6. The molecule has 7 nitrogen and oxygen atoms in total. The molecule has 6 aromatic rings. The van der Waals surface area contributed by atoms with Crippen molar-refractivity contribution in [1.29, 1.82) is 0 Å². The fraction of sp³-hybridized carbons (Fsp3) is 0.260. The molecule has 4 heterocycles. The van der Waals surface area contributed by atoms with E-state index in [0.717, 1.165) is 78.0 Å². The molecule has 8 rings (SSSR count). The number of benzene rings is 4. The standard InChI is InChI=1S/C25H24N2O2.C25H26N2O/c1-2-25(29)27-15-13-22-16-21(10-11-23(22)27)19-6-8-20(9-7-19)24(28)12-5-18-4-3-14-26-17-18;1-2-15-27-16-13-23-17-22(10-11-24(23)27)20-6-8-21(9-7-20)25(28)12-5-19-4-3-14-26-18-19/h3-4,6-11,14,16-17H,2,5,12-13,15H2,1H3;3-4,6-11,14,17-18H,2,5,12-13,15-16H2,1H3. The number of anilines is 2. The van der Waals surface area contributed by atoms with Gasteiger partial charge in [0.05, 0.1) is 0 Å². The van der Waals surface area contributed by atoms with Gasteiger partial charge in [0.2, 0.25) is 5.91 Å². The van der Waals surface area contributed by atoms with E-state index in [0.29, 0.717) is 25.7 Å². The van der Waals surface area contributed by atoms with Gasteiger partial charge in [-0.25, -0.2) is 0 Å². The lowest BCUT2D eigenvalue weighted by Crippen LogP contribution is -2.27. The topological polar surface area (TPSA) is 83.5 Å². The van der Waals surface area contributed by atoms with Crippen LogP contribution in [0.15, 0.2) is 134 Å². The Labute approximate surface area is 336 Å². The molecule has 0 radical (unpaired) electrons. The van der Waals surface area contributed by atoms with Crippen LogP contribution in [0.1, 0.15) is 82.5 Å². The third-order valence-electron chi connectivity index (χ3n) is 11.0. The molecule has 1 amide bonds. The molecule has 0 saturated carbocycles. The van der Waals surface area contributed by atoms with E-state index in [9.17, 15) is 14.4 Å². The normalized spacial score (nSPS) is 12.7. The van der Waals surface area contributed by atoms with Crippen molar-refractivity contribution < 1.29 is 14.4 Å². The molecule has 4 aromatic carbocycles. The zero-order valence-corrected chi connectivity index (χ0v) is 33.0. The third kappa shape index (κ3) is 9.61. The number of nitrogens with zero attached hydrogens (tertiary/aromatic N) is 4. The Balaban J connectivity index is 0.000000174. The lowest BCUT2D eigenvalue weighted by atomic mass is 9.98. The summed E-state index contributed by atoms with van der Waals surface area (Å²) in [7, 11) is 0. The average Bonchev–Trinajstić information content (AvgIpc) is 3.89. The predicted octanol–water partition coefficient (Wildman–Crippen LogP) is 10.2. The van der Waals surface area contributed by atoms with E-state index in [1.807, 2.05) is 84.8 Å². The van der Waals surface area contributed by atoms with Gasteiger partial charge in [-0.3, -0.25) is 24.4 Å². The first-order valence-electron chi connectivity index (χ1n) is 20.3. The van der Waals surface area contributed by atoms with Crippen LogP contribution in [0.2, 0.25) is 0 Å². The van der Waals surface area contributed by atoms with E-state index in [2.05, 4.69) is 64.3 Å². The van der Waals surface area contributed by atoms with Crippen molar-refractivity contribution >= 4 is 28.8 Å². The fourth-order valence-electron chi connectivity index (χ4n) is 7.78. The molecule has 0 unspecified atom stereocenters. The van der Waals surface area contributed by atoms with Crippen LogP contribution < -0.4 is 9.80 Å². The number of rotatable bonds is 13. The molecule has 0 saturated heterocycles. The fourth-order valence-corrected chi connectivity index (χ4v) is 7.78. The number of pyridine rings is 2. The van der Waals surface area contributed by atoms with E-state index in [4.69, 9.17) is 0 Å². The maximum absolute atomic E-state index is 12.5. The van der Waals surface area contributed by atoms with E-state index in [-0.39, 0.29) is 17.5 Å². The lowest BCUT2D eigenvalue weighted by Gasteiger charge is -2.18. The number of aromatic nitrogens is 2. The Kier molecular flexibility index (Phi) is 12.8. The Morgan fingerprint density at radius 2 is 1.07 bits per heavy atom. The van der Waals surface area contributed by atoms with E-state index in [1.165, 1.54) is 34.4 Å². The van der Waals surface area contributed by atoms with Crippen LogP contribution in [-0.2, 0) is 30.5 Å². The first-order chi connectivity index (χ1) is 27.9. The number of Topliss-reactive ketones (excluding diaryl/α,β-unsaturated/α-hetero) is 2. The Morgan fingerprint density at radius 1 is 0.579 bits per heavy atom. The second-order valence-corrected chi connectivity index (χ2v) is 14.8. The van der Waals surface area contributed by atoms with Crippen LogP contribution in [0.4, 0.5) is 11.4 Å². The molecule has 2 aliphatic rings. The van der Waals surface area contributed by atoms with Gasteiger partial charge in [-0.1, -0.05) is 86.6 Å². The molecule has 57 heavy (non-hydrogen) atoms. The number of carbonyl (C=O) groups excluding carboxylic acids is 3. The van der Waals surface area contributed by atoms with Crippen molar-refractivity contribution in [3.63, 3.8) is 0 Å². The first kappa shape index (κ1) is 39.0. The molecule has 7 heteroatoms. The van der Waals surface area contributed by atoms with Gasteiger partial charge in [-0.05, 0) is 113 Å². The summed E-state index contributed by atoms with van der Waals surface area (Å²) >= 11 is 0. The molecule has 2 aromatic heterocycles. The second kappa shape index (κ2) is 18.6. The zero-order chi connectivity index (χ0) is 39.6. The average molecular weight is 755 g/mol. The van der Waals surface area contributed by atoms with Crippen molar-refractivity contribution in [3.05, 3.63) is 167 Å². The van der Waals surface area contributed by atoms with Crippen LogP contribution in [0.25, 0.3) is 22.3 Å². The van der Waals surface area contributed by atoms with Crippen LogP contribution in [0.3, 0.4) is 0 Å². The highest BCUT2D eigenvalue weighted by atomic mass is 16.2. The number of fused-ring (bicyclic) bond motifs is 2. The molecule has 0 spiro atoms. The van der Waals surface area contributed by atoms with Crippen molar-refractivity contribution in [2.24, 2.45) is 0 Å². The molecule has 0 aliphatic carbocycles. The highest BCUT2D eigenvalue weighted by Gasteiger charge is 2.24. The zero-order valence-electron chi connectivity index (χ0n) is 33.0. The minimum absolute atomic E-state index is 0.142. The quantitative estimate of drug-likeness (QED) is 0.109. The molecule has 0 N–H and O–H groups in total. The number of hydrogen-bond donors (Lipinski definition) is 0. The van der Waals surface area contributed by atoms with Gasteiger partial charge >= 0.3 is 0 Å². The molecular formula is C50H50N4O3. The van der Waals surface area contributed by atoms with Gasteiger partial charge in [0.1, 0.15) is 0 Å². The SMILES string of the molecule is CCC(=O)N1CCc2cc(-c3ccc(C(=O)CCc4cccnc4)cc3)ccc21.CCCN1CCc2cc(-c3ccc(C(=O)CCc4cccnc4)cc3)ccc21. The summed E-state index contributed by atoms with van der Waals surface area (Å²) in [5.41, 5.74) is 13.3. The Morgan fingerprint density at radius 3 is 1.56 bits per heavy atom. The highest BCUT2D eigenvalue weighted by molar-refractivity contribution is 5.98. The van der Waals surface area contributed by atoms with Gasteiger partial charge in [-0.2, -0.15) is 0 Å². The predicted molar refractivity (Wildman–Crippen MR) is 230 cm³/mol. The summed E-state index contributed by atoms with van der Waals surface area (Å²) in [5.74, 6) is 0.494. The number of hydrogen-bond acceptors (Lipinski definition) is 6. The smallest absolute Gasteiger partial charge is 0.226 e. The Bertz CT molecular complexity index is 2310. The summed E-state index contributed by atoms with van der Waals surface area (Å²) in [6.45, 7) is 7.13. The van der Waals surface area contributed by atoms with E-state index in [1.54, 1.807) is 18.6 Å². The Hall–Kier alpha value is -6.21. The van der Waals surface area contributed by atoms with Crippen LogP contribution >= 0.6 is 0 Å². The monoisotopic (exact) mass is 754 g/mol.